The first-order valence-electron chi connectivity index (χ1n) is 8.52. The van der Waals surface area contributed by atoms with E-state index in [9.17, 15) is 14.4 Å². The lowest BCUT2D eigenvalue weighted by molar-refractivity contribution is -0.117. The molecular formula is C17H22N4O5. The number of nitrogens with zero attached hydrogens (tertiary/aromatic N) is 3. The van der Waals surface area contributed by atoms with Crippen molar-refractivity contribution in [1.82, 2.24) is 14.1 Å². The molecule has 2 aromatic heterocycles. The van der Waals surface area contributed by atoms with Crippen molar-refractivity contribution < 1.29 is 14.3 Å². The molecule has 3 heterocycles. The molecule has 3 rings (SSSR count). The number of rotatable bonds is 6. The summed E-state index contributed by atoms with van der Waals surface area (Å²) < 4.78 is 13.2. The van der Waals surface area contributed by atoms with Gasteiger partial charge >= 0.3 is 5.69 Å². The van der Waals surface area contributed by atoms with Crippen LogP contribution in [0, 0.1) is 0 Å². The van der Waals surface area contributed by atoms with Gasteiger partial charge in [0, 0.05) is 20.7 Å². The van der Waals surface area contributed by atoms with Gasteiger partial charge in [0.25, 0.3) is 5.56 Å². The second-order valence-corrected chi connectivity index (χ2v) is 6.31. The van der Waals surface area contributed by atoms with E-state index in [4.69, 9.17) is 9.47 Å². The Morgan fingerprint density at radius 1 is 1.38 bits per heavy atom. The Morgan fingerprint density at radius 3 is 2.92 bits per heavy atom. The highest BCUT2D eigenvalue weighted by atomic mass is 16.5. The summed E-state index contributed by atoms with van der Waals surface area (Å²) >= 11 is 0. The molecule has 1 aliphatic rings. The average molecular weight is 362 g/mol. The van der Waals surface area contributed by atoms with Crippen LogP contribution in [0.5, 0.6) is 0 Å². The molecule has 1 unspecified atom stereocenters. The minimum atomic E-state index is -0.452. The van der Waals surface area contributed by atoms with Crippen molar-refractivity contribution in [2.45, 2.75) is 25.4 Å². The molecule has 1 saturated heterocycles. The van der Waals surface area contributed by atoms with Gasteiger partial charge in [-0.15, -0.1) is 0 Å². The van der Waals surface area contributed by atoms with E-state index in [2.05, 4.69) is 10.3 Å². The number of aryl methyl sites for hydroxylation is 1. The normalized spacial score (nSPS) is 16.9. The van der Waals surface area contributed by atoms with E-state index in [1.165, 1.54) is 23.9 Å². The lowest BCUT2D eigenvalue weighted by Gasteiger charge is -2.11. The molecule has 1 N–H and O–H groups in total. The monoisotopic (exact) mass is 362 g/mol. The summed E-state index contributed by atoms with van der Waals surface area (Å²) in [6.07, 6.45) is 3.79. The fourth-order valence-corrected chi connectivity index (χ4v) is 2.91. The molecule has 140 valence electrons. The van der Waals surface area contributed by atoms with Crippen LogP contribution in [-0.4, -0.2) is 45.9 Å². The molecule has 0 aliphatic carbocycles. The van der Waals surface area contributed by atoms with E-state index in [0.29, 0.717) is 18.9 Å². The number of aromatic nitrogens is 3. The van der Waals surface area contributed by atoms with Gasteiger partial charge in [0.15, 0.2) is 0 Å². The van der Waals surface area contributed by atoms with E-state index in [1.807, 2.05) is 0 Å². The van der Waals surface area contributed by atoms with Crippen molar-refractivity contribution in [3.63, 3.8) is 0 Å². The smallest absolute Gasteiger partial charge is 0.332 e. The quantitative estimate of drug-likeness (QED) is 0.734. The first-order chi connectivity index (χ1) is 12.5. The number of fused-ring (bicyclic) bond motifs is 1. The molecule has 0 spiro atoms. The standard InChI is InChI=1S/C17H22N4O5/c1-20-15-13(16(23)21(2)17(20)24)8-11(9-18-15)19-14(22)5-7-25-10-12-4-3-6-26-12/h8-9,12H,3-7,10H2,1-2H3,(H,19,22). The zero-order chi connectivity index (χ0) is 18.7. The van der Waals surface area contributed by atoms with Gasteiger partial charge in [-0.25, -0.2) is 9.78 Å². The topological polar surface area (TPSA) is 104 Å². The summed E-state index contributed by atoms with van der Waals surface area (Å²) in [6, 6.07) is 1.52. The predicted octanol–water partition coefficient (Wildman–Crippen LogP) is 0.156. The molecule has 2 aromatic rings. The Morgan fingerprint density at radius 2 is 2.19 bits per heavy atom. The van der Waals surface area contributed by atoms with Crippen LogP contribution >= 0.6 is 0 Å². The Balaban J connectivity index is 1.62. The van der Waals surface area contributed by atoms with Crippen LogP contribution in [-0.2, 0) is 28.4 Å². The Bertz CT molecular complexity index is 927. The molecule has 1 aliphatic heterocycles. The third kappa shape index (κ3) is 3.83. The first-order valence-corrected chi connectivity index (χ1v) is 8.52. The van der Waals surface area contributed by atoms with Crippen molar-refractivity contribution >= 4 is 22.6 Å². The fraction of sp³-hybridized carbons (Fsp3) is 0.529. The first kappa shape index (κ1) is 18.3. The van der Waals surface area contributed by atoms with Crippen molar-refractivity contribution in [3.8, 4) is 0 Å². The SMILES string of the molecule is Cn1c(=O)c2cc(NC(=O)CCOCC3CCCO3)cnc2n(C)c1=O. The van der Waals surface area contributed by atoms with Crippen LogP contribution in [0.4, 0.5) is 5.69 Å². The second-order valence-electron chi connectivity index (χ2n) is 6.31. The lowest BCUT2D eigenvalue weighted by Crippen LogP contribution is -2.37. The lowest BCUT2D eigenvalue weighted by atomic mass is 10.2. The van der Waals surface area contributed by atoms with E-state index in [1.54, 1.807) is 7.05 Å². The third-order valence-corrected chi connectivity index (χ3v) is 4.38. The summed E-state index contributed by atoms with van der Waals surface area (Å²) in [5, 5.41) is 2.96. The molecule has 0 bridgehead atoms. The largest absolute Gasteiger partial charge is 0.378 e. The van der Waals surface area contributed by atoms with Crippen molar-refractivity contribution in [1.29, 1.82) is 0 Å². The van der Waals surface area contributed by atoms with Crippen LogP contribution in [0.25, 0.3) is 11.0 Å². The zero-order valence-corrected chi connectivity index (χ0v) is 14.9. The average Bonchev–Trinajstić information content (AvgIpc) is 3.15. The Labute approximate surface area is 149 Å². The molecule has 26 heavy (non-hydrogen) atoms. The third-order valence-electron chi connectivity index (χ3n) is 4.38. The molecule has 0 radical (unpaired) electrons. The highest BCUT2D eigenvalue weighted by Gasteiger charge is 2.15. The number of carbonyl (C=O) groups excluding carboxylic acids is 1. The van der Waals surface area contributed by atoms with Gasteiger partial charge in [-0.3, -0.25) is 18.7 Å². The van der Waals surface area contributed by atoms with Gasteiger partial charge in [-0.1, -0.05) is 0 Å². The van der Waals surface area contributed by atoms with E-state index in [0.717, 1.165) is 24.0 Å². The maximum absolute atomic E-state index is 12.2. The molecule has 9 nitrogen and oxygen atoms in total. The number of anilines is 1. The number of hydrogen-bond acceptors (Lipinski definition) is 6. The molecule has 0 aromatic carbocycles. The molecule has 1 amide bonds. The van der Waals surface area contributed by atoms with Gasteiger partial charge < -0.3 is 14.8 Å². The highest BCUT2D eigenvalue weighted by molar-refractivity contribution is 5.92. The maximum atomic E-state index is 12.2. The summed E-state index contributed by atoms with van der Waals surface area (Å²) in [5.74, 6) is -0.236. The highest BCUT2D eigenvalue weighted by Crippen LogP contribution is 2.13. The summed E-state index contributed by atoms with van der Waals surface area (Å²) in [7, 11) is 2.95. The number of pyridine rings is 1. The van der Waals surface area contributed by atoms with Gasteiger partial charge in [-0.05, 0) is 18.9 Å². The van der Waals surface area contributed by atoms with Gasteiger partial charge in [-0.2, -0.15) is 0 Å². The van der Waals surface area contributed by atoms with Crippen LogP contribution in [0.3, 0.4) is 0 Å². The Hall–Kier alpha value is -2.52. The Kier molecular flexibility index (Phi) is 5.48. The van der Waals surface area contributed by atoms with E-state index < -0.39 is 11.2 Å². The summed E-state index contributed by atoms with van der Waals surface area (Å²) in [5.41, 5.74) is -0.227. The van der Waals surface area contributed by atoms with E-state index >= 15 is 0 Å². The van der Waals surface area contributed by atoms with Crippen LogP contribution in [0.15, 0.2) is 21.9 Å². The number of amides is 1. The summed E-state index contributed by atoms with van der Waals surface area (Å²) in [6.45, 7) is 1.56. The number of hydrogen-bond donors (Lipinski definition) is 1. The second kappa shape index (κ2) is 7.79. The molecular weight excluding hydrogens is 340 g/mol. The van der Waals surface area contributed by atoms with Gasteiger partial charge in [0.05, 0.1) is 43.0 Å². The van der Waals surface area contributed by atoms with Crippen molar-refractivity contribution in [2.75, 3.05) is 25.1 Å². The fourth-order valence-electron chi connectivity index (χ4n) is 2.91. The zero-order valence-electron chi connectivity index (χ0n) is 14.9. The van der Waals surface area contributed by atoms with Gasteiger partial charge in [0.1, 0.15) is 5.65 Å². The molecule has 1 atom stereocenters. The number of carbonyl (C=O) groups is 1. The van der Waals surface area contributed by atoms with Gasteiger partial charge in [0.2, 0.25) is 5.91 Å². The van der Waals surface area contributed by atoms with Crippen molar-refractivity contribution in [2.24, 2.45) is 14.1 Å². The van der Waals surface area contributed by atoms with Crippen LogP contribution in [0.1, 0.15) is 19.3 Å². The van der Waals surface area contributed by atoms with Crippen LogP contribution in [0.2, 0.25) is 0 Å². The number of nitrogens with one attached hydrogen (secondary N) is 1. The van der Waals surface area contributed by atoms with E-state index in [-0.39, 0.29) is 29.5 Å². The minimum Gasteiger partial charge on any atom is -0.378 e. The predicted molar refractivity (Wildman–Crippen MR) is 95.3 cm³/mol. The minimum absolute atomic E-state index is 0.130. The molecule has 1 fully saturated rings. The molecule has 9 heteroatoms. The van der Waals surface area contributed by atoms with Crippen LogP contribution < -0.4 is 16.6 Å². The van der Waals surface area contributed by atoms with Crippen molar-refractivity contribution in [3.05, 3.63) is 33.1 Å². The summed E-state index contributed by atoms with van der Waals surface area (Å²) in [4.78, 5) is 40.3. The maximum Gasteiger partial charge on any atom is 0.332 e. The number of ether oxygens (including phenoxy) is 2. The molecule has 0 saturated carbocycles.